The Kier molecular flexibility index (Phi) is 3.15. The second-order valence-corrected chi connectivity index (χ2v) is 5.13. The van der Waals surface area contributed by atoms with Crippen molar-refractivity contribution in [3.05, 3.63) is 48.3 Å². The van der Waals surface area contributed by atoms with E-state index < -0.39 is 0 Å². The summed E-state index contributed by atoms with van der Waals surface area (Å²) in [5, 5.41) is 8.00. The van der Waals surface area contributed by atoms with Crippen molar-refractivity contribution in [2.75, 3.05) is 6.54 Å². The van der Waals surface area contributed by atoms with E-state index in [4.69, 9.17) is 0 Å². The number of hydrogen-bond acceptors (Lipinski definition) is 2. The number of hydrogen-bond donors (Lipinski definition) is 1. The van der Waals surface area contributed by atoms with E-state index in [9.17, 15) is 0 Å². The number of rotatable bonds is 5. The average Bonchev–Trinajstić information content (AvgIpc) is 3.11. The van der Waals surface area contributed by atoms with Gasteiger partial charge >= 0.3 is 0 Å². The molecule has 1 aliphatic rings. The zero-order valence-corrected chi connectivity index (χ0v) is 10.7. The Labute approximate surface area is 108 Å². The Hall–Kier alpha value is -1.61. The molecule has 1 N–H and O–H groups in total. The highest BCUT2D eigenvalue weighted by Crippen LogP contribution is 2.28. The highest BCUT2D eigenvalue weighted by molar-refractivity contribution is 5.31. The third-order valence-electron chi connectivity index (χ3n) is 3.53. The first kappa shape index (κ1) is 11.5. The largest absolute Gasteiger partial charge is 0.310 e. The van der Waals surface area contributed by atoms with Gasteiger partial charge in [-0.25, -0.2) is 4.68 Å². The van der Waals surface area contributed by atoms with Crippen LogP contribution in [0.5, 0.6) is 0 Å². The molecule has 18 heavy (non-hydrogen) atoms. The van der Waals surface area contributed by atoms with Crippen LogP contribution in [0.1, 0.15) is 31.4 Å². The highest BCUT2D eigenvalue weighted by Gasteiger charge is 2.21. The molecule has 1 heterocycles. The first-order valence-corrected chi connectivity index (χ1v) is 6.66. The predicted molar refractivity (Wildman–Crippen MR) is 72.7 cm³/mol. The lowest BCUT2D eigenvalue weighted by Crippen LogP contribution is -2.20. The van der Waals surface area contributed by atoms with Crippen molar-refractivity contribution in [2.45, 2.75) is 25.8 Å². The van der Waals surface area contributed by atoms with Crippen molar-refractivity contribution in [2.24, 2.45) is 5.92 Å². The highest BCUT2D eigenvalue weighted by atomic mass is 15.3. The van der Waals surface area contributed by atoms with Gasteiger partial charge in [0, 0.05) is 17.8 Å². The second kappa shape index (κ2) is 4.94. The lowest BCUT2D eigenvalue weighted by atomic mass is 10.2. The molecule has 1 aromatic carbocycles. The molecule has 1 unspecified atom stereocenters. The molecule has 0 radical (unpaired) electrons. The van der Waals surface area contributed by atoms with Gasteiger partial charge in [-0.1, -0.05) is 18.2 Å². The van der Waals surface area contributed by atoms with Crippen molar-refractivity contribution in [3.8, 4) is 5.69 Å². The Morgan fingerprint density at radius 2 is 2.11 bits per heavy atom. The molecular weight excluding hydrogens is 222 g/mol. The number of para-hydroxylation sites is 1. The van der Waals surface area contributed by atoms with Crippen molar-refractivity contribution in [1.29, 1.82) is 0 Å². The monoisotopic (exact) mass is 241 g/mol. The molecule has 3 heteroatoms. The van der Waals surface area contributed by atoms with Crippen LogP contribution in [-0.2, 0) is 0 Å². The fourth-order valence-corrected chi connectivity index (χ4v) is 2.07. The Morgan fingerprint density at radius 3 is 2.83 bits per heavy atom. The van der Waals surface area contributed by atoms with Gasteiger partial charge in [0.05, 0.1) is 11.9 Å². The van der Waals surface area contributed by atoms with Crippen molar-refractivity contribution >= 4 is 0 Å². The molecule has 2 aromatic rings. The van der Waals surface area contributed by atoms with Crippen molar-refractivity contribution in [1.82, 2.24) is 15.1 Å². The van der Waals surface area contributed by atoms with Gasteiger partial charge in [0.1, 0.15) is 0 Å². The normalized spacial score (nSPS) is 16.7. The minimum atomic E-state index is 0.378. The zero-order chi connectivity index (χ0) is 12.4. The van der Waals surface area contributed by atoms with Gasteiger partial charge in [-0.2, -0.15) is 5.10 Å². The molecule has 3 rings (SSSR count). The Morgan fingerprint density at radius 1 is 1.33 bits per heavy atom. The lowest BCUT2D eigenvalue weighted by Gasteiger charge is -2.10. The molecule has 0 spiro atoms. The molecule has 0 aliphatic heterocycles. The fraction of sp³-hybridized carbons (Fsp3) is 0.400. The van der Waals surface area contributed by atoms with Crippen LogP contribution in [0.25, 0.3) is 5.69 Å². The first-order chi connectivity index (χ1) is 8.83. The van der Waals surface area contributed by atoms with Gasteiger partial charge < -0.3 is 5.32 Å². The molecule has 1 aliphatic carbocycles. The summed E-state index contributed by atoms with van der Waals surface area (Å²) in [6.07, 6.45) is 6.85. The van der Waals surface area contributed by atoms with Gasteiger partial charge in [0.15, 0.2) is 0 Å². The van der Waals surface area contributed by atoms with Crippen LogP contribution in [0.4, 0.5) is 0 Å². The summed E-state index contributed by atoms with van der Waals surface area (Å²) in [4.78, 5) is 0. The van der Waals surface area contributed by atoms with Gasteiger partial charge in [-0.15, -0.1) is 0 Å². The summed E-state index contributed by atoms with van der Waals surface area (Å²) in [6.45, 7) is 3.34. The summed E-state index contributed by atoms with van der Waals surface area (Å²) >= 11 is 0. The molecule has 94 valence electrons. The van der Waals surface area contributed by atoms with E-state index in [0.29, 0.717) is 6.04 Å². The van der Waals surface area contributed by atoms with E-state index in [1.165, 1.54) is 18.4 Å². The van der Waals surface area contributed by atoms with Gasteiger partial charge in [0.2, 0.25) is 0 Å². The van der Waals surface area contributed by atoms with Crippen LogP contribution in [-0.4, -0.2) is 16.3 Å². The maximum atomic E-state index is 4.43. The summed E-state index contributed by atoms with van der Waals surface area (Å²) in [5.74, 6) is 0.914. The third-order valence-corrected chi connectivity index (χ3v) is 3.53. The van der Waals surface area contributed by atoms with E-state index in [2.05, 4.69) is 35.7 Å². The molecule has 3 nitrogen and oxygen atoms in total. The van der Waals surface area contributed by atoms with Crippen LogP contribution in [0.2, 0.25) is 0 Å². The Balaban J connectivity index is 1.68. The summed E-state index contributed by atoms with van der Waals surface area (Å²) in [5.41, 5.74) is 2.36. The maximum absolute atomic E-state index is 4.43. The lowest BCUT2D eigenvalue weighted by molar-refractivity contribution is 0.549. The van der Waals surface area contributed by atoms with E-state index >= 15 is 0 Å². The quantitative estimate of drug-likeness (QED) is 0.872. The molecule has 0 saturated heterocycles. The van der Waals surface area contributed by atoms with E-state index in [-0.39, 0.29) is 0 Å². The van der Waals surface area contributed by atoms with Gasteiger partial charge in [-0.05, 0) is 44.4 Å². The van der Waals surface area contributed by atoms with Crippen LogP contribution in [0, 0.1) is 5.92 Å². The summed E-state index contributed by atoms with van der Waals surface area (Å²) < 4.78 is 1.94. The molecule has 0 amide bonds. The van der Waals surface area contributed by atoms with E-state index in [0.717, 1.165) is 18.2 Å². The summed E-state index contributed by atoms with van der Waals surface area (Å²) in [6, 6.07) is 10.6. The van der Waals surface area contributed by atoms with Gasteiger partial charge in [0.25, 0.3) is 0 Å². The smallest absolute Gasteiger partial charge is 0.0645 e. The minimum absolute atomic E-state index is 0.378. The van der Waals surface area contributed by atoms with Crippen LogP contribution in [0.15, 0.2) is 42.7 Å². The average molecular weight is 241 g/mol. The first-order valence-electron chi connectivity index (χ1n) is 6.66. The van der Waals surface area contributed by atoms with Crippen LogP contribution in [0.3, 0.4) is 0 Å². The summed E-state index contributed by atoms with van der Waals surface area (Å²) in [7, 11) is 0. The third kappa shape index (κ3) is 2.62. The molecule has 1 saturated carbocycles. The van der Waals surface area contributed by atoms with Crippen molar-refractivity contribution < 1.29 is 0 Å². The maximum Gasteiger partial charge on any atom is 0.0645 e. The number of benzene rings is 1. The molecule has 1 atom stereocenters. The second-order valence-electron chi connectivity index (χ2n) is 5.13. The van der Waals surface area contributed by atoms with E-state index in [1.54, 1.807) is 0 Å². The molecule has 1 aromatic heterocycles. The van der Waals surface area contributed by atoms with Crippen LogP contribution >= 0.6 is 0 Å². The van der Waals surface area contributed by atoms with Crippen molar-refractivity contribution in [3.63, 3.8) is 0 Å². The van der Waals surface area contributed by atoms with Gasteiger partial charge in [-0.3, -0.25) is 0 Å². The van der Waals surface area contributed by atoms with E-state index in [1.807, 2.05) is 29.1 Å². The topological polar surface area (TPSA) is 29.9 Å². The Bertz CT molecular complexity index is 499. The SMILES string of the molecule is CC(NCC1CC1)c1cnn(-c2ccccc2)c1. The van der Waals surface area contributed by atoms with Crippen LogP contribution < -0.4 is 5.32 Å². The number of aromatic nitrogens is 2. The fourth-order valence-electron chi connectivity index (χ4n) is 2.07. The molecule has 1 fully saturated rings. The molecular formula is C15H19N3. The minimum Gasteiger partial charge on any atom is -0.310 e. The predicted octanol–water partition coefficient (Wildman–Crippen LogP) is 2.93. The molecule has 0 bridgehead atoms. The number of nitrogens with zero attached hydrogens (tertiary/aromatic N) is 2. The zero-order valence-electron chi connectivity index (χ0n) is 10.7. The standard InChI is InChI=1S/C15H19N3/c1-12(16-9-13-7-8-13)14-10-17-18(11-14)15-5-3-2-4-6-15/h2-6,10-13,16H,7-9H2,1H3. The number of nitrogens with one attached hydrogen (secondary N) is 1.